The van der Waals surface area contributed by atoms with Crippen molar-refractivity contribution in [3.63, 3.8) is 0 Å². The van der Waals surface area contributed by atoms with Crippen molar-refractivity contribution in [1.29, 1.82) is 0 Å². The molecule has 2 heterocycles. The van der Waals surface area contributed by atoms with Crippen molar-refractivity contribution in [2.75, 3.05) is 0 Å². The average Bonchev–Trinajstić information content (AvgIpc) is 2.73. The lowest BCUT2D eigenvalue weighted by molar-refractivity contribution is 0.199. The van der Waals surface area contributed by atoms with Crippen LogP contribution in [0, 0.1) is 0 Å². The molecule has 1 unspecified atom stereocenters. The highest BCUT2D eigenvalue weighted by Gasteiger charge is 2.21. The maximum atomic E-state index is 9.56. The van der Waals surface area contributed by atoms with Crippen LogP contribution in [-0.2, 0) is 5.75 Å². The molecule has 0 saturated heterocycles. The van der Waals surface area contributed by atoms with Gasteiger partial charge in [-0.2, -0.15) is 0 Å². The van der Waals surface area contributed by atoms with E-state index in [2.05, 4.69) is 23.2 Å². The van der Waals surface area contributed by atoms with Crippen LogP contribution in [0.25, 0.3) is 11.3 Å². The summed E-state index contributed by atoms with van der Waals surface area (Å²) in [5.74, 6) is 0.969. The van der Waals surface area contributed by atoms with Crippen LogP contribution in [0.4, 0.5) is 0 Å². The molecule has 1 N–H and O–H groups in total. The number of hydrogen-bond donors (Lipinski definition) is 1. The molecule has 0 fully saturated rings. The molecule has 1 aliphatic heterocycles. The van der Waals surface area contributed by atoms with Crippen LogP contribution in [0.3, 0.4) is 0 Å². The summed E-state index contributed by atoms with van der Waals surface area (Å²) >= 11 is 3.47. The van der Waals surface area contributed by atoms with Gasteiger partial charge in [0, 0.05) is 21.1 Å². The summed E-state index contributed by atoms with van der Waals surface area (Å²) < 4.78 is 0. The monoisotopic (exact) mass is 249 g/mol. The minimum Gasteiger partial charge on any atom is -0.386 e. The molecule has 2 nitrogen and oxygen atoms in total. The predicted octanol–water partition coefficient (Wildman–Crippen LogP) is 3.47. The number of fused-ring (bicyclic) bond motifs is 3. The fraction of sp³-hybridized carbons (Fsp3) is 0.250. The number of aliphatic hydroxyl groups is 1. The molecule has 0 saturated carbocycles. The molecule has 1 atom stereocenters. The van der Waals surface area contributed by atoms with E-state index in [1.165, 1.54) is 15.3 Å². The second kappa shape index (κ2) is 3.87. The highest BCUT2D eigenvalue weighted by Crippen LogP contribution is 2.43. The van der Waals surface area contributed by atoms with Gasteiger partial charge < -0.3 is 5.11 Å². The summed E-state index contributed by atoms with van der Waals surface area (Å²) in [5, 5.41) is 10.4. The molecule has 4 heteroatoms. The van der Waals surface area contributed by atoms with Gasteiger partial charge in [0.2, 0.25) is 0 Å². The third kappa shape index (κ3) is 1.57. The van der Waals surface area contributed by atoms with Crippen LogP contribution in [0.1, 0.15) is 22.9 Å². The van der Waals surface area contributed by atoms with Gasteiger partial charge in [0.05, 0.1) is 5.69 Å². The van der Waals surface area contributed by atoms with Gasteiger partial charge in [-0.15, -0.1) is 23.1 Å². The Kier molecular flexibility index (Phi) is 2.50. The molecular weight excluding hydrogens is 238 g/mol. The van der Waals surface area contributed by atoms with Crippen molar-refractivity contribution in [3.8, 4) is 11.3 Å². The fourth-order valence-corrected chi connectivity index (χ4v) is 3.93. The van der Waals surface area contributed by atoms with Gasteiger partial charge in [-0.05, 0) is 13.0 Å². The van der Waals surface area contributed by atoms with E-state index in [4.69, 9.17) is 0 Å². The Morgan fingerprint density at radius 1 is 1.38 bits per heavy atom. The van der Waals surface area contributed by atoms with Gasteiger partial charge in [-0.25, -0.2) is 4.98 Å². The summed E-state index contributed by atoms with van der Waals surface area (Å²) in [4.78, 5) is 7.11. The second-order valence-electron chi connectivity index (χ2n) is 3.78. The third-order valence-electron chi connectivity index (χ3n) is 2.57. The van der Waals surface area contributed by atoms with Gasteiger partial charge in [0.25, 0.3) is 0 Å². The number of hydrogen-bond acceptors (Lipinski definition) is 4. The summed E-state index contributed by atoms with van der Waals surface area (Å²) in [6.07, 6.45) is -0.465. The van der Waals surface area contributed by atoms with Crippen LogP contribution in [0.2, 0.25) is 0 Å². The number of thioether (sulfide) groups is 1. The van der Waals surface area contributed by atoms with Gasteiger partial charge in [-0.1, -0.05) is 18.2 Å². The lowest BCUT2D eigenvalue weighted by Crippen LogP contribution is -1.93. The minimum absolute atomic E-state index is 0.465. The van der Waals surface area contributed by atoms with Gasteiger partial charge in [0.15, 0.2) is 0 Å². The number of nitrogens with zero attached hydrogens (tertiary/aromatic N) is 1. The topological polar surface area (TPSA) is 33.1 Å². The molecule has 82 valence electrons. The molecule has 16 heavy (non-hydrogen) atoms. The van der Waals surface area contributed by atoms with E-state index in [9.17, 15) is 5.11 Å². The Morgan fingerprint density at radius 2 is 2.19 bits per heavy atom. The zero-order valence-corrected chi connectivity index (χ0v) is 10.4. The van der Waals surface area contributed by atoms with E-state index in [1.807, 2.05) is 17.8 Å². The summed E-state index contributed by atoms with van der Waals surface area (Å²) in [6.45, 7) is 1.77. The molecule has 1 aromatic carbocycles. The highest BCUT2D eigenvalue weighted by atomic mass is 32.2. The van der Waals surface area contributed by atoms with E-state index in [1.54, 1.807) is 18.3 Å². The largest absolute Gasteiger partial charge is 0.386 e. The first-order valence-corrected chi connectivity index (χ1v) is 6.96. The Labute approximate surface area is 102 Å². The number of rotatable bonds is 1. The first-order valence-electron chi connectivity index (χ1n) is 5.15. The van der Waals surface area contributed by atoms with Crippen LogP contribution >= 0.6 is 23.1 Å². The molecule has 0 spiro atoms. The third-order valence-corrected chi connectivity index (χ3v) is 5.08. The fourth-order valence-electron chi connectivity index (χ4n) is 1.79. The number of thiazole rings is 1. The first kappa shape index (κ1) is 10.3. The molecule has 1 aliphatic rings. The maximum Gasteiger partial charge on any atom is 0.122 e. The van der Waals surface area contributed by atoms with E-state index >= 15 is 0 Å². The predicted molar refractivity (Wildman–Crippen MR) is 67.7 cm³/mol. The number of benzene rings is 1. The van der Waals surface area contributed by atoms with Crippen molar-refractivity contribution >= 4 is 23.1 Å². The van der Waals surface area contributed by atoms with Crippen molar-refractivity contribution in [3.05, 3.63) is 34.2 Å². The van der Waals surface area contributed by atoms with Gasteiger partial charge in [-0.3, -0.25) is 0 Å². The minimum atomic E-state index is -0.465. The van der Waals surface area contributed by atoms with Crippen LogP contribution in [-0.4, -0.2) is 10.1 Å². The molecule has 0 amide bonds. The van der Waals surface area contributed by atoms with Gasteiger partial charge in [0.1, 0.15) is 11.1 Å². The van der Waals surface area contributed by atoms with E-state index in [-0.39, 0.29) is 0 Å². The standard InChI is InChI=1S/C12H11NOS2/c1-7(14)12-13-11-8-4-2-3-5-9(8)15-6-10(11)16-12/h2-5,7,14H,6H2,1H3. The lowest BCUT2D eigenvalue weighted by Gasteiger charge is -2.13. The summed E-state index contributed by atoms with van der Waals surface area (Å²) in [5.41, 5.74) is 2.27. The number of aliphatic hydroxyl groups excluding tert-OH is 1. The van der Waals surface area contributed by atoms with Crippen molar-refractivity contribution in [1.82, 2.24) is 4.98 Å². The molecule has 1 aromatic heterocycles. The summed E-state index contributed by atoms with van der Waals surface area (Å²) in [6, 6.07) is 8.32. The maximum absolute atomic E-state index is 9.56. The Morgan fingerprint density at radius 3 is 3.00 bits per heavy atom. The average molecular weight is 249 g/mol. The highest BCUT2D eigenvalue weighted by molar-refractivity contribution is 7.98. The van der Waals surface area contributed by atoms with Crippen molar-refractivity contribution < 1.29 is 5.11 Å². The lowest BCUT2D eigenvalue weighted by atomic mass is 10.1. The molecule has 0 aliphatic carbocycles. The first-order chi connectivity index (χ1) is 7.75. The van der Waals surface area contributed by atoms with Crippen LogP contribution < -0.4 is 0 Å². The van der Waals surface area contributed by atoms with E-state index in [0.29, 0.717) is 0 Å². The van der Waals surface area contributed by atoms with E-state index < -0.39 is 6.10 Å². The molecular formula is C12H11NOS2. The Balaban J connectivity index is 2.17. The zero-order chi connectivity index (χ0) is 11.1. The van der Waals surface area contributed by atoms with Crippen LogP contribution in [0.5, 0.6) is 0 Å². The Bertz CT molecular complexity index is 534. The molecule has 2 aromatic rings. The van der Waals surface area contributed by atoms with Gasteiger partial charge >= 0.3 is 0 Å². The van der Waals surface area contributed by atoms with Crippen LogP contribution in [0.15, 0.2) is 29.2 Å². The molecule has 0 bridgehead atoms. The molecule has 3 rings (SSSR count). The summed E-state index contributed by atoms with van der Waals surface area (Å²) in [7, 11) is 0. The van der Waals surface area contributed by atoms with Crippen molar-refractivity contribution in [2.24, 2.45) is 0 Å². The second-order valence-corrected chi connectivity index (χ2v) is 5.92. The normalized spacial score (nSPS) is 15.4. The smallest absolute Gasteiger partial charge is 0.122 e. The van der Waals surface area contributed by atoms with E-state index in [0.717, 1.165) is 16.5 Å². The van der Waals surface area contributed by atoms with Crippen molar-refractivity contribution in [2.45, 2.75) is 23.7 Å². The molecule has 0 radical (unpaired) electrons. The zero-order valence-electron chi connectivity index (χ0n) is 8.80. The SMILES string of the molecule is CC(O)c1nc2c(s1)CSc1ccccc1-2. The Hall–Kier alpha value is -0.840. The quantitative estimate of drug-likeness (QED) is 0.840. The number of aromatic nitrogens is 1.